The third-order valence-electron chi connectivity index (χ3n) is 7.04. The molecule has 0 fully saturated rings. The number of carbonyl (C=O) groups is 3. The van der Waals surface area contributed by atoms with Gasteiger partial charge in [0.05, 0.1) is 5.25 Å². The number of benzene rings is 5. The van der Waals surface area contributed by atoms with Crippen LogP contribution in [-0.2, 0) is 9.59 Å². The largest absolute Gasteiger partial charge is 0.378 e. The van der Waals surface area contributed by atoms with E-state index in [4.69, 9.17) is 0 Å². The molecule has 0 aliphatic heterocycles. The summed E-state index contributed by atoms with van der Waals surface area (Å²) in [4.78, 5) is 42.3. The van der Waals surface area contributed by atoms with Gasteiger partial charge in [-0.3, -0.25) is 14.4 Å². The molecule has 0 bridgehead atoms. The minimum atomic E-state index is -0.472. The highest BCUT2D eigenvalue weighted by Gasteiger charge is 2.18. The van der Waals surface area contributed by atoms with Crippen molar-refractivity contribution in [3.8, 4) is 0 Å². The van der Waals surface area contributed by atoms with Crippen molar-refractivity contribution in [2.75, 3.05) is 29.6 Å². The van der Waals surface area contributed by atoms with E-state index in [2.05, 4.69) is 16.0 Å². The summed E-state index contributed by atoms with van der Waals surface area (Å²) in [5.74, 6) is -0.989. The number of nitrogens with zero attached hydrogens (tertiary/aromatic N) is 1. The molecule has 0 aliphatic rings. The molecular formula is C37H34N4O3S. The number of rotatable bonds is 10. The molecule has 0 radical (unpaired) electrons. The number of thioether (sulfide) groups is 1. The monoisotopic (exact) mass is 614 g/mol. The third-order valence-corrected chi connectivity index (χ3v) is 8.13. The highest BCUT2D eigenvalue weighted by atomic mass is 32.2. The molecule has 0 spiro atoms. The first kappa shape index (κ1) is 31.1. The maximum atomic E-state index is 13.5. The molecule has 0 saturated heterocycles. The molecular weight excluding hydrogens is 580 g/mol. The van der Waals surface area contributed by atoms with Crippen molar-refractivity contribution in [1.29, 1.82) is 0 Å². The average molecular weight is 615 g/mol. The van der Waals surface area contributed by atoms with Crippen molar-refractivity contribution in [2.24, 2.45) is 0 Å². The van der Waals surface area contributed by atoms with Crippen LogP contribution in [0.4, 0.5) is 17.1 Å². The summed E-state index contributed by atoms with van der Waals surface area (Å²) in [6, 6.07) is 37.5. The highest BCUT2D eigenvalue weighted by Crippen LogP contribution is 2.28. The number of fused-ring (bicyclic) bond motifs is 1. The van der Waals surface area contributed by atoms with E-state index >= 15 is 0 Å². The van der Waals surface area contributed by atoms with Gasteiger partial charge in [0.1, 0.15) is 5.70 Å². The molecule has 45 heavy (non-hydrogen) atoms. The van der Waals surface area contributed by atoms with Crippen molar-refractivity contribution in [2.45, 2.75) is 17.1 Å². The predicted molar refractivity (Wildman–Crippen MR) is 186 cm³/mol. The molecule has 0 aliphatic carbocycles. The van der Waals surface area contributed by atoms with Crippen molar-refractivity contribution in [1.82, 2.24) is 5.32 Å². The molecule has 8 heteroatoms. The van der Waals surface area contributed by atoms with Crippen molar-refractivity contribution >= 4 is 63.4 Å². The molecule has 3 amide bonds. The molecule has 3 N–H and O–H groups in total. The van der Waals surface area contributed by atoms with Crippen LogP contribution in [0.25, 0.3) is 16.8 Å². The summed E-state index contributed by atoms with van der Waals surface area (Å²) in [6.07, 6.45) is 1.65. The van der Waals surface area contributed by atoms with Gasteiger partial charge in [-0.2, -0.15) is 0 Å². The first-order chi connectivity index (χ1) is 21.7. The fourth-order valence-electron chi connectivity index (χ4n) is 4.59. The topological polar surface area (TPSA) is 90.5 Å². The Bertz CT molecular complexity index is 1850. The van der Waals surface area contributed by atoms with E-state index in [1.54, 1.807) is 36.4 Å². The van der Waals surface area contributed by atoms with Gasteiger partial charge in [0.15, 0.2) is 0 Å². The molecule has 1 unspecified atom stereocenters. The normalized spacial score (nSPS) is 11.8. The van der Waals surface area contributed by atoms with Crippen molar-refractivity contribution in [3.05, 3.63) is 138 Å². The van der Waals surface area contributed by atoms with E-state index < -0.39 is 17.1 Å². The second kappa shape index (κ2) is 14.4. The highest BCUT2D eigenvalue weighted by molar-refractivity contribution is 8.00. The summed E-state index contributed by atoms with van der Waals surface area (Å²) in [7, 11) is 3.91. The number of carbonyl (C=O) groups excluding carboxylic acids is 3. The van der Waals surface area contributed by atoms with Crippen molar-refractivity contribution < 1.29 is 14.4 Å². The number of nitrogens with one attached hydrogen (secondary N) is 3. The number of anilines is 3. The zero-order valence-corrected chi connectivity index (χ0v) is 26.1. The SMILES string of the molecule is CC(Sc1cccc(NC(=O)/C(=C\c2ccc(N(C)C)cc2)NC(=O)c2ccccc2)c1)C(=O)Nc1ccc2ccccc2c1. The number of hydrogen-bond donors (Lipinski definition) is 3. The fourth-order valence-corrected chi connectivity index (χ4v) is 5.52. The Kier molecular flexibility index (Phi) is 9.97. The van der Waals surface area contributed by atoms with Crippen LogP contribution in [0.2, 0.25) is 0 Å². The molecule has 0 heterocycles. The van der Waals surface area contributed by atoms with Crippen LogP contribution < -0.4 is 20.9 Å². The van der Waals surface area contributed by atoms with Gasteiger partial charge in [-0.05, 0) is 83.9 Å². The van der Waals surface area contributed by atoms with E-state index in [0.29, 0.717) is 11.3 Å². The summed E-state index contributed by atoms with van der Waals surface area (Å²) >= 11 is 1.39. The lowest BCUT2D eigenvalue weighted by Crippen LogP contribution is -2.30. The zero-order valence-electron chi connectivity index (χ0n) is 25.3. The Hall–Kier alpha value is -5.34. The van der Waals surface area contributed by atoms with Crippen LogP contribution in [-0.4, -0.2) is 37.1 Å². The van der Waals surface area contributed by atoms with E-state index in [1.165, 1.54) is 11.8 Å². The Balaban J connectivity index is 1.29. The van der Waals surface area contributed by atoms with Gasteiger partial charge >= 0.3 is 0 Å². The lowest BCUT2D eigenvalue weighted by Gasteiger charge is -2.15. The molecule has 7 nitrogen and oxygen atoms in total. The minimum absolute atomic E-state index is 0.0997. The van der Waals surface area contributed by atoms with Gasteiger partial charge in [-0.15, -0.1) is 11.8 Å². The molecule has 0 saturated carbocycles. The van der Waals surface area contributed by atoms with Gasteiger partial charge in [0.25, 0.3) is 11.8 Å². The lowest BCUT2D eigenvalue weighted by molar-refractivity contribution is -0.115. The van der Waals surface area contributed by atoms with E-state index in [0.717, 1.165) is 32.6 Å². The Morgan fingerprint density at radius 1 is 0.711 bits per heavy atom. The standard InChI is InChI=1S/C37H34N4O3S/c1-25(35(42)38-31-19-18-27-10-7-8-13-29(27)23-31)45-33-15-9-14-30(24-33)39-37(44)34(40-36(43)28-11-5-4-6-12-28)22-26-16-20-32(21-17-26)41(2)3/h4-25H,1-3H3,(H,38,42)(H,39,44)(H,40,43)/b34-22+. The number of amides is 3. The predicted octanol–water partition coefficient (Wildman–Crippen LogP) is 7.43. The molecule has 5 rings (SSSR count). The smallest absolute Gasteiger partial charge is 0.272 e. The first-order valence-electron chi connectivity index (χ1n) is 14.5. The lowest BCUT2D eigenvalue weighted by atomic mass is 10.1. The van der Waals surface area contributed by atoms with Crippen LogP contribution in [0.1, 0.15) is 22.8 Å². The Morgan fingerprint density at radius 3 is 2.13 bits per heavy atom. The molecule has 1 atom stereocenters. The van der Waals surface area contributed by atoms with Gasteiger partial charge in [0.2, 0.25) is 5.91 Å². The third kappa shape index (κ3) is 8.40. The summed E-state index contributed by atoms with van der Waals surface area (Å²) in [6.45, 7) is 1.84. The average Bonchev–Trinajstić information content (AvgIpc) is 3.05. The van der Waals surface area contributed by atoms with E-state index in [-0.39, 0.29) is 11.6 Å². The van der Waals surface area contributed by atoms with Crippen LogP contribution in [0.5, 0.6) is 0 Å². The first-order valence-corrected chi connectivity index (χ1v) is 15.4. The van der Waals surface area contributed by atoms with Crippen LogP contribution >= 0.6 is 11.8 Å². The minimum Gasteiger partial charge on any atom is -0.378 e. The summed E-state index contributed by atoms with van der Waals surface area (Å²) < 4.78 is 0. The maximum absolute atomic E-state index is 13.5. The second-order valence-corrected chi connectivity index (χ2v) is 12.1. The maximum Gasteiger partial charge on any atom is 0.272 e. The van der Waals surface area contributed by atoms with Gasteiger partial charge < -0.3 is 20.9 Å². The molecule has 5 aromatic carbocycles. The van der Waals surface area contributed by atoms with Crippen molar-refractivity contribution in [3.63, 3.8) is 0 Å². The summed E-state index contributed by atoms with van der Waals surface area (Å²) in [5, 5.41) is 10.4. The Labute approximate surface area is 267 Å². The zero-order chi connectivity index (χ0) is 31.8. The van der Waals surface area contributed by atoms with Gasteiger partial charge in [0, 0.05) is 41.6 Å². The second-order valence-electron chi connectivity index (χ2n) is 10.7. The van der Waals surface area contributed by atoms with Crippen LogP contribution in [0.3, 0.4) is 0 Å². The molecule has 5 aromatic rings. The van der Waals surface area contributed by atoms with Gasteiger partial charge in [-0.1, -0.05) is 66.7 Å². The van der Waals surface area contributed by atoms with Crippen LogP contribution in [0, 0.1) is 0 Å². The van der Waals surface area contributed by atoms with E-state index in [9.17, 15) is 14.4 Å². The van der Waals surface area contributed by atoms with Gasteiger partial charge in [-0.25, -0.2) is 0 Å². The summed E-state index contributed by atoms with van der Waals surface area (Å²) in [5.41, 5.74) is 3.59. The van der Waals surface area contributed by atoms with E-state index in [1.807, 2.05) is 117 Å². The van der Waals surface area contributed by atoms with Crippen LogP contribution in [0.15, 0.2) is 132 Å². The Morgan fingerprint density at radius 2 is 1.40 bits per heavy atom. The molecule has 226 valence electrons. The fraction of sp³-hybridized carbons (Fsp3) is 0.108. The molecule has 0 aromatic heterocycles. The number of hydrogen-bond acceptors (Lipinski definition) is 5. The quantitative estimate of drug-likeness (QED) is 0.112.